The van der Waals surface area contributed by atoms with Crippen LogP contribution in [0.2, 0.25) is 0 Å². The van der Waals surface area contributed by atoms with Crippen LogP contribution < -0.4 is 5.73 Å². The number of hydrogen-bond acceptors (Lipinski definition) is 2. The van der Waals surface area contributed by atoms with Crippen LogP contribution in [0.4, 0.5) is 0 Å². The van der Waals surface area contributed by atoms with Crippen molar-refractivity contribution in [3.8, 4) is 0 Å². The number of hydrogen-bond donors (Lipinski definition) is 1. The topological polar surface area (TPSA) is 43.8 Å². The summed E-state index contributed by atoms with van der Waals surface area (Å²) in [7, 11) is 0. The first-order chi connectivity index (χ1) is 8.24. The van der Waals surface area contributed by atoms with Crippen LogP contribution >= 0.6 is 0 Å². The number of rotatable bonds is 7. The van der Waals surface area contributed by atoms with Gasteiger partial charge in [-0.3, -0.25) is 4.68 Å². The van der Waals surface area contributed by atoms with Gasteiger partial charge in [-0.25, -0.2) is 0 Å². The first-order valence-electron chi connectivity index (χ1n) is 7.04. The van der Waals surface area contributed by atoms with Crippen LogP contribution in [-0.4, -0.2) is 15.8 Å². The largest absolute Gasteiger partial charge is 0.327 e. The lowest BCUT2D eigenvalue weighted by Gasteiger charge is -2.12. The summed E-state index contributed by atoms with van der Waals surface area (Å²) < 4.78 is 2.12. The molecule has 1 aliphatic rings. The highest BCUT2D eigenvalue weighted by Crippen LogP contribution is 2.33. The van der Waals surface area contributed by atoms with Crippen LogP contribution in [0.5, 0.6) is 0 Å². The van der Waals surface area contributed by atoms with E-state index in [9.17, 15) is 0 Å². The van der Waals surface area contributed by atoms with Crippen molar-refractivity contribution in [1.29, 1.82) is 0 Å². The monoisotopic (exact) mass is 235 g/mol. The fraction of sp³-hybridized carbons (Fsp3) is 0.786. The predicted molar refractivity (Wildman–Crippen MR) is 70.9 cm³/mol. The van der Waals surface area contributed by atoms with E-state index in [2.05, 4.69) is 35.9 Å². The number of aryl methyl sites for hydroxylation is 1. The SMILES string of the molecule is CCC(CC)n1ccc(CCC(N)C2CC2)n1. The average Bonchev–Trinajstić information content (AvgIpc) is 3.09. The Morgan fingerprint density at radius 3 is 2.71 bits per heavy atom. The Balaban J connectivity index is 1.84. The van der Waals surface area contributed by atoms with Crippen molar-refractivity contribution < 1.29 is 0 Å². The molecule has 0 amide bonds. The maximum Gasteiger partial charge on any atom is 0.0625 e. The van der Waals surface area contributed by atoms with E-state index in [0.717, 1.165) is 31.6 Å². The van der Waals surface area contributed by atoms with Gasteiger partial charge in [-0.2, -0.15) is 5.10 Å². The summed E-state index contributed by atoms with van der Waals surface area (Å²) in [6.45, 7) is 4.44. The highest BCUT2D eigenvalue weighted by molar-refractivity contribution is 5.01. The van der Waals surface area contributed by atoms with E-state index in [1.165, 1.54) is 18.5 Å². The molecule has 0 radical (unpaired) electrons. The molecule has 1 aromatic heterocycles. The minimum absolute atomic E-state index is 0.397. The zero-order chi connectivity index (χ0) is 12.3. The molecule has 1 saturated carbocycles. The predicted octanol–water partition coefficient (Wildman–Crippen LogP) is 2.91. The first kappa shape index (κ1) is 12.6. The molecule has 0 bridgehead atoms. The van der Waals surface area contributed by atoms with E-state index in [4.69, 9.17) is 5.73 Å². The Morgan fingerprint density at radius 2 is 2.12 bits per heavy atom. The highest BCUT2D eigenvalue weighted by atomic mass is 15.3. The normalized spacial score (nSPS) is 17.6. The van der Waals surface area contributed by atoms with Crippen LogP contribution in [0, 0.1) is 5.92 Å². The van der Waals surface area contributed by atoms with Crippen molar-refractivity contribution in [3.05, 3.63) is 18.0 Å². The summed E-state index contributed by atoms with van der Waals surface area (Å²) in [4.78, 5) is 0. The summed E-state index contributed by atoms with van der Waals surface area (Å²) >= 11 is 0. The molecule has 17 heavy (non-hydrogen) atoms. The lowest BCUT2D eigenvalue weighted by Crippen LogP contribution is -2.23. The van der Waals surface area contributed by atoms with Gasteiger partial charge in [0, 0.05) is 12.2 Å². The first-order valence-corrected chi connectivity index (χ1v) is 7.04. The van der Waals surface area contributed by atoms with Gasteiger partial charge in [-0.1, -0.05) is 13.8 Å². The molecule has 3 heteroatoms. The Labute approximate surface area is 104 Å². The molecule has 1 aromatic rings. The molecule has 2 N–H and O–H groups in total. The fourth-order valence-electron chi connectivity index (χ4n) is 2.45. The summed E-state index contributed by atoms with van der Waals surface area (Å²) in [5.41, 5.74) is 7.31. The standard InChI is InChI=1S/C14H25N3/c1-3-13(4-2)17-10-9-12(16-17)7-8-14(15)11-5-6-11/h9-11,13-14H,3-8,15H2,1-2H3. The lowest BCUT2D eigenvalue weighted by atomic mass is 10.1. The van der Waals surface area contributed by atoms with Crippen LogP contribution in [0.1, 0.15) is 57.7 Å². The number of nitrogens with two attached hydrogens (primary N) is 1. The Morgan fingerprint density at radius 1 is 1.41 bits per heavy atom. The van der Waals surface area contributed by atoms with Gasteiger partial charge in [-0.05, 0) is 50.5 Å². The molecule has 0 saturated heterocycles. The maximum atomic E-state index is 6.11. The van der Waals surface area contributed by atoms with Crippen molar-refractivity contribution in [2.75, 3.05) is 0 Å². The van der Waals surface area contributed by atoms with Crippen LogP contribution in [0.25, 0.3) is 0 Å². The second-order valence-electron chi connectivity index (χ2n) is 5.30. The van der Waals surface area contributed by atoms with Crippen LogP contribution in [0.3, 0.4) is 0 Å². The molecular weight excluding hydrogens is 210 g/mol. The maximum absolute atomic E-state index is 6.11. The third kappa shape index (κ3) is 3.32. The minimum atomic E-state index is 0.397. The zero-order valence-corrected chi connectivity index (χ0v) is 11.1. The Bertz CT molecular complexity index is 337. The fourth-order valence-corrected chi connectivity index (χ4v) is 2.45. The van der Waals surface area contributed by atoms with E-state index in [0.29, 0.717) is 12.1 Å². The lowest BCUT2D eigenvalue weighted by molar-refractivity contribution is 0.424. The molecule has 1 aliphatic carbocycles. The molecule has 1 fully saturated rings. The van der Waals surface area contributed by atoms with E-state index >= 15 is 0 Å². The average molecular weight is 235 g/mol. The van der Waals surface area contributed by atoms with Crippen molar-refractivity contribution in [2.45, 2.75) is 64.5 Å². The van der Waals surface area contributed by atoms with Gasteiger partial charge in [0.15, 0.2) is 0 Å². The van der Waals surface area contributed by atoms with E-state index < -0.39 is 0 Å². The summed E-state index contributed by atoms with van der Waals surface area (Å²) in [6.07, 6.45) is 9.22. The summed E-state index contributed by atoms with van der Waals surface area (Å²) in [5, 5.41) is 4.67. The Kier molecular flexibility index (Phi) is 4.21. The van der Waals surface area contributed by atoms with Crippen molar-refractivity contribution in [2.24, 2.45) is 11.7 Å². The Hall–Kier alpha value is -0.830. The van der Waals surface area contributed by atoms with Gasteiger partial charge in [0.1, 0.15) is 0 Å². The van der Waals surface area contributed by atoms with Gasteiger partial charge in [-0.15, -0.1) is 0 Å². The number of nitrogens with zero attached hydrogens (tertiary/aromatic N) is 2. The van der Waals surface area contributed by atoms with Gasteiger partial charge >= 0.3 is 0 Å². The second kappa shape index (κ2) is 5.67. The molecule has 2 rings (SSSR count). The summed E-state index contributed by atoms with van der Waals surface area (Å²) in [6, 6.07) is 3.10. The third-order valence-corrected chi connectivity index (χ3v) is 3.94. The molecule has 96 valence electrons. The van der Waals surface area contributed by atoms with Crippen molar-refractivity contribution in [1.82, 2.24) is 9.78 Å². The summed E-state index contributed by atoms with van der Waals surface area (Å²) in [5.74, 6) is 0.802. The number of aromatic nitrogens is 2. The van der Waals surface area contributed by atoms with Gasteiger partial charge in [0.25, 0.3) is 0 Å². The third-order valence-electron chi connectivity index (χ3n) is 3.94. The van der Waals surface area contributed by atoms with E-state index in [1.54, 1.807) is 0 Å². The molecular formula is C14H25N3. The van der Waals surface area contributed by atoms with Crippen molar-refractivity contribution >= 4 is 0 Å². The minimum Gasteiger partial charge on any atom is -0.327 e. The van der Waals surface area contributed by atoms with E-state index in [-0.39, 0.29) is 0 Å². The van der Waals surface area contributed by atoms with Gasteiger partial charge in [0.2, 0.25) is 0 Å². The molecule has 1 atom stereocenters. The van der Waals surface area contributed by atoms with Gasteiger partial charge in [0.05, 0.1) is 11.7 Å². The smallest absolute Gasteiger partial charge is 0.0625 e. The molecule has 1 unspecified atom stereocenters. The van der Waals surface area contributed by atoms with Gasteiger partial charge < -0.3 is 5.73 Å². The quantitative estimate of drug-likeness (QED) is 0.789. The molecule has 0 aromatic carbocycles. The molecule has 3 nitrogen and oxygen atoms in total. The zero-order valence-electron chi connectivity index (χ0n) is 11.1. The van der Waals surface area contributed by atoms with Crippen LogP contribution in [-0.2, 0) is 6.42 Å². The molecule has 0 spiro atoms. The van der Waals surface area contributed by atoms with Crippen LogP contribution in [0.15, 0.2) is 12.3 Å². The van der Waals surface area contributed by atoms with Crippen molar-refractivity contribution in [3.63, 3.8) is 0 Å². The van der Waals surface area contributed by atoms with E-state index in [1.807, 2.05) is 0 Å². The second-order valence-corrected chi connectivity index (χ2v) is 5.30. The molecule has 1 heterocycles. The molecule has 0 aliphatic heterocycles. The highest BCUT2D eigenvalue weighted by Gasteiger charge is 2.28.